The molecule has 6 nitrogen and oxygen atoms in total. The topological polar surface area (TPSA) is 76.4 Å². The van der Waals surface area contributed by atoms with Crippen molar-refractivity contribution in [3.05, 3.63) is 69.8 Å². The Kier molecular flexibility index (Phi) is 6.08. The molecule has 1 fully saturated rings. The summed E-state index contributed by atoms with van der Waals surface area (Å²) in [7, 11) is 0. The predicted octanol–water partition coefficient (Wildman–Crippen LogP) is 4.22. The van der Waals surface area contributed by atoms with E-state index >= 15 is 0 Å². The number of benzene rings is 2. The minimum Gasteiger partial charge on any atom is -0.381 e. The first kappa shape index (κ1) is 19.3. The molecular weight excluding hydrogens is 342 g/mol. The van der Waals surface area contributed by atoms with Crippen LogP contribution in [0.25, 0.3) is 0 Å². The molecule has 1 atom stereocenters. The second-order valence-corrected chi connectivity index (χ2v) is 7.25. The molecular formula is C21H27N3O3. The highest BCUT2D eigenvalue weighted by Crippen LogP contribution is 2.31. The summed E-state index contributed by atoms with van der Waals surface area (Å²) in [5.74, 6) is 0. The summed E-state index contributed by atoms with van der Waals surface area (Å²) in [4.78, 5) is 11.1. The second kappa shape index (κ2) is 8.50. The van der Waals surface area contributed by atoms with Gasteiger partial charge in [0.05, 0.1) is 4.92 Å². The van der Waals surface area contributed by atoms with Crippen LogP contribution in [0.1, 0.15) is 36.9 Å². The maximum absolute atomic E-state index is 11.4. The number of hydrogen-bond acceptors (Lipinski definition) is 5. The zero-order valence-electron chi connectivity index (χ0n) is 15.9. The predicted molar refractivity (Wildman–Crippen MR) is 107 cm³/mol. The molecule has 1 unspecified atom stereocenters. The Hall–Kier alpha value is -2.44. The number of nitrogens with one attached hydrogen (secondary N) is 2. The third kappa shape index (κ3) is 4.64. The molecule has 0 bridgehead atoms. The minimum atomic E-state index is -0.327. The highest BCUT2D eigenvalue weighted by atomic mass is 16.6. The molecule has 144 valence electrons. The molecule has 0 saturated carbocycles. The number of nitro benzene ring substituents is 1. The molecule has 0 spiro atoms. The zero-order chi connectivity index (χ0) is 19.3. The quantitative estimate of drug-likeness (QED) is 0.565. The number of anilines is 1. The van der Waals surface area contributed by atoms with Gasteiger partial charge in [0.2, 0.25) is 0 Å². The van der Waals surface area contributed by atoms with Gasteiger partial charge in [-0.3, -0.25) is 10.1 Å². The highest BCUT2D eigenvalue weighted by molar-refractivity contribution is 5.66. The molecule has 1 saturated heterocycles. The van der Waals surface area contributed by atoms with Crippen LogP contribution in [0, 0.1) is 17.0 Å². The van der Waals surface area contributed by atoms with Crippen LogP contribution in [0.2, 0.25) is 0 Å². The lowest BCUT2D eigenvalue weighted by molar-refractivity contribution is -0.384. The SMILES string of the molecule is Cc1cccc([N+](=O)[O-])c1NCC1(NC(C)c2ccccc2)CCOCC1. The van der Waals surface area contributed by atoms with E-state index in [2.05, 4.69) is 29.7 Å². The average Bonchev–Trinajstić information content (AvgIpc) is 2.68. The van der Waals surface area contributed by atoms with Crippen LogP contribution in [0.3, 0.4) is 0 Å². The van der Waals surface area contributed by atoms with Crippen molar-refractivity contribution in [2.75, 3.05) is 25.1 Å². The van der Waals surface area contributed by atoms with Crippen molar-refractivity contribution in [3.63, 3.8) is 0 Å². The molecule has 6 heteroatoms. The molecule has 0 amide bonds. The maximum atomic E-state index is 11.4. The van der Waals surface area contributed by atoms with E-state index in [-0.39, 0.29) is 22.2 Å². The fourth-order valence-electron chi connectivity index (χ4n) is 3.71. The molecule has 1 aliphatic rings. The summed E-state index contributed by atoms with van der Waals surface area (Å²) in [6.45, 7) is 6.03. The van der Waals surface area contributed by atoms with E-state index in [1.165, 1.54) is 5.56 Å². The molecule has 2 aromatic rings. The Morgan fingerprint density at radius 2 is 1.85 bits per heavy atom. The van der Waals surface area contributed by atoms with Crippen molar-refractivity contribution in [1.82, 2.24) is 5.32 Å². The lowest BCUT2D eigenvalue weighted by atomic mass is 9.88. The van der Waals surface area contributed by atoms with Crippen LogP contribution in [0.4, 0.5) is 11.4 Å². The van der Waals surface area contributed by atoms with Gasteiger partial charge in [-0.25, -0.2) is 0 Å². The largest absolute Gasteiger partial charge is 0.381 e. The molecule has 1 aliphatic heterocycles. The Balaban J connectivity index is 1.79. The van der Waals surface area contributed by atoms with Crippen LogP contribution in [-0.2, 0) is 4.74 Å². The van der Waals surface area contributed by atoms with Crippen molar-refractivity contribution in [2.24, 2.45) is 0 Å². The van der Waals surface area contributed by atoms with E-state index in [0.29, 0.717) is 25.4 Å². The van der Waals surface area contributed by atoms with Gasteiger partial charge in [-0.1, -0.05) is 42.5 Å². The van der Waals surface area contributed by atoms with Crippen molar-refractivity contribution in [3.8, 4) is 0 Å². The van der Waals surface area contributed by atoms with Gasteiger partial charge in [-0.05, 0) is 37.8 Å². The third-order valence-corrected chi connectivity index (χ3v) is 5.32. The normalized spacial score (nSPS) is 17.3. The molecule has 0 aliphatic carbocycles. The lowest BCUT2D eigenvalue weighted by Crippen LogP contribution is -2.54. The molecule has 2 aromatic carbocycles. The summed E-state index contributed by atoms with van der Waals surface area (Å²) in [6.07, 6.45) is 1.72. The fourth-order valence-corrected chi connectivity index (χ4v) is 3.71. The van der Waals surface area contributed by atoms with E-state index in [1.54, 1.807) is 12.1 Å². The van der Waals surface area contributed by atoms with E-state index in [1.807, 2.05) is 31.2 Å². The van der Waals surface area contributed by atoms with Gasteiger partial charge < -0.3 is 15.4 Å². The number of rotatable bonds is 7. The second-order valence-electron chi connectivity index (χ2n) is 7.25. The first-order valence-corrected chi connectivity index (χ1v) is 9.39. The smallest absolute Gasteiger partial charge is 0.292 e. The van der Waals surface area contributed by atoms with E-state index in [0.717, 1.165) is 18.4 Å². The van der Waals surface area contributed by atoms with Gasteiger partial charge in [0.15, 0.2) is 0 Å². The van der Waals surface area contributed by atoms with Crippen molar-refractivity contribution >= 4 is 11.4 Å². The third-order valence-electron chi connectivity index (χ3n) is 5.32. The van der Waals surface area contributed by atoms with Gasteiger partial charge >= 0.3 is 0 Å². The summed E-state index contributed by atoms with van der Waals surface area (Å²) in [5.41, 5.74) is 2.65. The van der Waals surface area contributed by atoms with Crippen LogP contribution >= 0.6 is 0 Å². The van der Waals surface area contributed by atoms with Gasteiger partial charge in [0.25, 0.3) is 5.69 Å². The summed E-state index contributed by atoms with van der Waals surface area (Å²) in [6, 6.07) is 15.7. The van der Waals surface area contributed by atoms with Gasteiger partial charge in [0.1, 0.15) is 5.69 Å². The fraction of sp³-hybridized carbons (Fsp3) is 0.429. The van der Waals surface area contributed by atoms with Gasteiger partial charge in [0, 0.05) is 37.4 Å². The van der Waals surface area contributed by atoms with Crippen molar-refractivity contribution < 1.29 is 9.66 Å². The standard InChI is InChI=1S/C21H27N3O3/c1-16-7-6-10-19(24(25)26)20(16)22-15-21(11-13-27-14-12-21)23-17(2)18-8-4-3-5-9-18/h3-10,17,22-23H,11-15H2,1-2H3. The minimum absolute atomic E-state index is 0.119. The summed E-state index contributed by atoms with van der Waals surface area (Å²) >= 11 is 0. The summed E-state index contributed by atoms with van der Waals surface area (Å²) < 4.78 is 5.57. The maximum Gasteiger partial charge on any atom is 0.292 e. The van der Waals surface area contributed by atoms with Crippen molar-refractivity contribution in [2.45, 2.75) is 38.3 Å². The number of nitro groups is 1. The van der Waals surface area contributed by atoms with Crippen LogP contribution < -0.4 is 10.6 Å². The van der Waals surface area contributed by atoms with E-state index in [4.69, 9.17) is 4.74 Å². The molecule has 2 N–H and O–H groups in total. The van der Waals surface area contributed by atoms with Crippen LogP contribution in [0.15, 0.2) is 48.5 Å². The number of hydrogen-bond donors (Lipinski definition) is 2. The number of ether oxygens (including phenoxy) is 1. The Labute approximate surface area is 160 Å². The Morgan fingerprint density at radius 1 is 1.15 bits per heavy atom. The molecule has 0 aromatic heterocycles. The van der Waals surface area contributed by atoms with E-state index in [9.17, 15) is 10.1 Å². The lowest BCUT2D eigenvalue weighted by Gasteiger charge is -2.41. The molecule has 3 rings (SSSR count). The monoisotopic (exact) mass is 369 g/mol. The number of aryl methyl sites for hydroxylation is 1. The Morgan fingerprint density at radius 3 is 2.52 bits per heavy atom. The first-order chi connectivity index (χ1) is 13.0. The highest BCUT2D eigenvalue weighted by Gasteiger charge is 2.34. The molecule has 1 heterocycles. The van der Waals surface area contributed by atoms with Crippen LogP contribution in [0.5, 0.6) is 0 Å². The van der Waals surface area contributed by atoms with E-state index < -0.39 is 0 Å². The summed E-state index contributed by atoms with van der Waals surface area (Å²) in [5, 5.41) is 18.5. The number of nitrogens with zero attached hydrogens (tertiary/aromatic N) is 1. The van der Waals surface area contributed by atoms with Gasteiger partial charge in [-0.2, -0.15) is 0 Å². The van der Waals surface area contributed by atoms with Crippen molar-refractivity contribution in [1.29, 1.82) is 0 Å². The average molecular weight is 369 g/mol. The molecule has 27 heavy (non-hydrogen) atoms. The van der Waals surface area contributed by atoms with Gasteiger partial charge in [-0.15, -0.1) is 0 Å². The zero-order valence-corrected chi connectivity index (χ0v) is 15.9. The molecule has 0 radical (unpaired) electrons. The van der Waals surface area contributed by atoms with Crippen LogP contribution in [-0.4, -0.2) is 30.2 Å². The Bertz CT molecular complexity index is 773. The number of para-hydroxylation sites is 1. The first-order valence-electron chi connectivity index (χ1n) is 9.39.